The fraction of sp³-hybridized carbons (Fsp3) is 0.375. The van der Waals surface area contributed by atoms with Crippen LogP contribution in [0.4, 0.5) is 5.69 Å². The average molecular weight is 286 g/mol. The van der Waals surface area contributed by atoms with Gasteiger partial charge in [0.25, 0.3) is 0 Å². The van der Waals surface area contributed by atoms with Gasteiger partial charge < -0.3 is 15.2 Å². The SMILES string of the molecule is CCn1ccnc1CNC(C)c1cccc(NC(C)=O)c1. The van der Waals surface area contributed by atoms with E-state index < -0.39 is 0 Å². The lowest BCUT2D eigenvalue weighted by atomic mass is 10.1. The van der Waals surface area contributed by atoms with Crippen LogP contribution < -0.4 is 10.6 Å². The fourth-order valence-electron chi connectivity index (χ4n) is 2.25. The summed E-state index contributed by atoms with van der Waals surface area (Å²) in [4.78, 5) is 15.5. The zero-order chi connectivity index (χ0) is 15.2. The molecule has 1 aromatic heterocycles. The van der Waals surface area contributed by atoms with E-state index in [1.165, 1.54) is 6.92 Å². The number of rotatable bonds is 6. The first-order chi connectivity index (χ1) is 10.1. The third-order valence-corrected chi connectivity index (χ3v) is 3.42. The summed E-state index contributed by atoms with van der Waals surface area (Å²) in [5, 5.41) is 6.27. The van der Waals surface area contributed by atoms with Gasteiger partial charge in [0.2, 0.25) is 5.91 Å². The van der Waals surface area contributed by atoms with Crippen molar-refractivity contribution in [3.05, 3.63) is 48.0 Å². The van der Waals surface area contributed by atoms with Crippen LogP contribution in [0.1, 0.15) is 38.2 Å². The van der Waals surface area contributed by atoms with Crippen LogP contribution in [-0.4, -0.2) is 15.5 Å². The summed E-state index contributed by atoms with van der Waals surface area (Å²) >= 11 is 0. The predicted octanol–water partition coefficient (Wildman–Crippen LogP) is 2.71. The highest BCUT2D eigenvalue weighted by atomic mass is 16.1. The number of imidazole rings is 1. The standard InChI is InChI=1S/C16H22N4O/c1-4-20-9-8-17-16(20)11-18-12(2)14-6-5-7-15(10-14)19-13(3)21/h5-10,12,18H,4,11H2,1-3H3,(H,19,21). The van der Waals surface area contributed by atoms with Gasteiger partial charge in [-0.3, -0.25) is 4.79 Å². The summed E-state index contributed by atoms with van der Waals surface area (Å²) < 4.78 is 2.12. The summed E-state index contributed by atoms with van der Waals surface area (Å²) in [6, 6.07) is 8.06. The normalized spacial score (nSPS) is 12.1. The van der Waals surface area contributed by atoms with Crippen LogP contribution in [0, 0.1) is 0 Å². The maximum Gasteiger partial charge on any atom is 0.221 e. The molecule has 2 aromatic rings. The number of anilines is 1. The highest BCUT2D eigenvalue weighted by molar-refractivity contribution is 5.88. The minimum atomic E-state index is -0.0577. The summed E-state index contributed by atoms with van der Waals surface area (Å²) in [5.74, 6) is 0.972. The number of hydrogen-bond acceptors (Lipinski definition) is 3. The van der Waals surface area contributed by atoms with Crippen LogP contribution in [-0.2, 0) is 17.9 Å². The van der Waals surface area contributed by atoms with E-state index in [1.807, 2.05) is 30.6 Å². The van der Waals surface area contributed by atoms with E-state index in [2.05, 4.69) is 40.1 Å². The van der Waals surface area contributed by atoms with Crippen molar-refractivity contribution < 1.29 is 4.79 Å². The minimum absolute atomic E-state index is 0.0577. The zero-order valence-corrected chi connectivity index (χ0v) is 12.8. The molecule has 21 heavy (non-hydrogen) atoms. The van der Waals surface area contributed by atoms with Gasteiger partial charge in [-0.25, -0.2) is 4.98 Å². The molecule has 5 nitrogen and oxygen atoms in total. The van der Waals surface area contributed by atoms with Crippen molar-refractivity contribution in [3.8, 4) is 0 Å². The Morgan fingerprint density at radius 2 is 2.24 bits per heavy atom. The topological polar surface area (TPSA) is 59.0 Å². The molecule has 112 valence electrons. The van der Waals surface area contributed by atoms with Crippen molar-refractivity contribution in [2.75, 3.05) is 5.32 Å². The largest absolute Gasteiger partial charge is 0.334 e. The summed E-state index contributed by atoms with van der Waals surface area (Å²) in [7, 11) is 0. The Labute approximate surface area is 125 Å². The molecule has 0 aliphatic carbocycles. The number of carbonyl (C=O) groups excluding carboxylic acids is 1. The zero-order valence-electron chi connectivity index (χ0n) is 12.8. The van der Waals surface area contributed by atoms with Crippen molar-refractivity contribution in [1.29, 1.82) is 0 Å². The van der Waals surface area contributed by atoms with E-state index in [-0.39, 0.29) is 11.9 Å². The Kier molecular flexibility index (Phi) is 5.11. The van der Waals surface area contributed by atoms with E-state index >= 15 is 0 Å². The molecule has 1 unspecified atom stereocenters. The predicted molar refractivity (Wildman–Crippen MR) is 83.9 cm³/mol. The number of nitrogens with zero attached hydrogens (tertiary/aromatic N) is 2. The van der Waals surface area contributed by atoms with Crippen LogP contribution in [0.25, 0.3) is 0 Å². The van der Waals surface area contributed by atoms with E-state index in [0.29, 0.717) is 6.54 Å². The minimum Gasteiger partial charge on any atom is -0.334 e. The molecule has 1 amide bonds. The van der Waals surface area contributed by atoms with Gasteiger partial charge in [0.05, 0.1) is 6.54 Å². The lowest BCUT2D eigenvalue weighted by Crippen LogP contribution is -2.20. The van der Waals surface area contributed by atoms with E-state index in [1.54, 1.807) is 0 Å². The number of benzene rings is 1. The molecular weight excluding hydrogens is 264 g/mol. The highest BCUT2D eigenvalue weighted by Crippen LogP contribution is 2.17. The maximum absolute atomic E-state index is 11.1. The van der Waals surface area contributed by atoms with Gasteiger partial charge in [0.15, 0.2) is 0 Å². The fourth-order valence-corrected chi connectivity index (χ4v) is 2.25. The number of hydrogen-bond donors (Lipinski definition) is 2. The Morgan fingerprint density at radius 3 is 2.95 bits per heavy atom. The molecule has 0 fully saturated rings. The summed E-state index contributed by atoms with van der Waals surface area (Å²) in [5.41, 5.74) is 1.96. The van der Waals surface area contributed by atoms with Crippen molar-refractivity contribution >= 4 is 11.6 Å². The molecule has 1 atom stereocenters. The number of nitrogens with one attached hydrogen (secondary N) is 2. The molecule has 0 saturated heterocycles. The molecule has 0 aliphatic heterocycles. The van der Waals surface area contributed by atoms with Crippen molar-refractivity contribution in [3.63, 3.8) is 0 Å². The Hall–Kier alpha value is -2.14. The van der Waals surface area contributed by atoms with Crippen LogP contribution >= 0.6 is 0 Å². The first kappa shape index (κ1) is 15.3. The molecule has 2 rings (SSSR count). The molecule has 0 aliphatic rings. The number of aromatic nitrogens is 2. The van der Waals surface area contributed by atoms with Crippen LogP contribution in [0.2, 0.25) is 0 Å². The molecule has 0 saturated carbocycles. The number of carbonyl (C=O) groups is 1. The van der Waals surface area contributed by atoms with E-state index in [4.69, 9.17) is 0 Å². The monoisotopic (exact) mass is 286 g/mol. The number of amides is 1. The molecule has 0 radical (unpaired) electrons. The maximum atomic E-state index is 11.1. The van der Waals surface area contributed by atoms with Crippen molar-refractivity contribution in [2.45, 2.75) is 39.9 Å². The van der Waals surface area contributed by atoms with Crippen LogP contribution in [0.15, 0.2) is 36.7 Å². The first-order valence-electron chi connectivity index (χ1n) is 7.21. The van der Waals surface area contributed by atoms with E-state index in [0.717, 1.165) is 23.6 Å². The molecule has 2 N–H and O–H groups in total. The second-order valence-electron chi connectivity index (χ2n) is 5.04. The smallest absolute Gasteiger partial charge is 0.221 e. The van der Waals surface area contributed by atoms with Gasteiger partial charge in [-0.1, -0.05) is 12.1 Å². The van der Waals surface area contributed by atoms with Crippen LogP contribution in [0.3, 0.4) is 0 Å². The molecule has 0 spiro atoms. The highest BCUT2D eigenvalue weighted by Gasteiger charge is 2.08. The third-order valence-electron chi connectivity index (χ3n) is 3.42. The Bertz CT molecular complexity index is 606. The van der Waals surface area contributed by atoms with Crippen LogP contribution in [0.5, 0.6) is 0 Å². The lowest BCUT2D eigenvalue weighted by Gasteiger charge is -2.15. The molecule has 1 heterocycles. The van der Waals surface area contributed by atoms with Crippen molar-refractivity contribution in [1.82, 2.24) is 14.9 Å². The summed E-state index contributed by atoms with van der Waals surface area (Å²) in [6.45, 7) is 7.35. The lowest BCUT2D eigenvalue weighted by molar-refractivity contribution is -0.114. The Balaban J connectivity index is 2.00. The van der Waals surface area contributed by atoms with Gasteiger partial charge >= 0.3 is 0 Å². The summed E-state index contributed by atoms with van der Waals surface area (Å²) in [6.07, 6.45) is 3.81. The van der Waals surface area contributed by atoms with Crippen molar-refractivity contribution in [2.24, 2.45) is 0 Å². The first-order valence-corrected chi connectivity index (χ1v) is 7.21. The molecule has 5 heteroatoms. The van der Waals surface area contributed by atoms with E-state index in [9.17, 15) is 4.79 Å². The average Bonchev–Trinajstić information content (AvgIpc) is 2.91. The molecule has 0 bridgehead atoms. The molecule has 1 aromatic carbocycles. The quantitative estimate of drug-likeness (QED) is 0.858. The van der Waals surface area contributed by atoms with Gasteiger partial charge in [0, 0.05) is 37.6 Å². The second-order valence-corrected chi connectivity index (χ2v) is 5.04. The van der Waals surface area contributed by atoms with Gasteiger partial charge in [-0.05, 0) is 31.5 Å². The van der Waals surface area contributed by atoms with Gasteiger partial charge in [0.1, 0.15) is 5.82 Å². The third kappa shape index (κ3) is 4.16. The number of aryl methyl sites for hydroxylation is 1. The van der Waals surface area contributed by atoms with Gasteiger partial charge in [-0.15, -0.1) is 0 Å². The Morgan fingerprint density at radius 1 is 1.43 bits per heavy atom. The van der Waals surface area contributed by atoms with Gasteiger partial charge in [-0.2, -0.15) is 0 Å². The second kappa shape index (κ2) is 7.04. The molecular formula is C16H22N4O.